The van der Waals surface area contributed by atoms with Gasteiger partial charge in [0.1, 0.15) is 0 Å². The van der Waals surface area contributed by atoms with Crippen molar-refractivity contribution >= 4 is 0 Å². The van der Waals surface area contributed by atoms with Gasteiger partial charge in [0.25, 0.3) is 0 Å². The molecule has 3 atom stereocenters. The Kier molecular flexibility index (Phi) is 3.87. The number of benzene rings is 1. The summed E-state index contributed by atoms with van der Waals surface area (Å²) in [4.78, 5) is 2.32. The lowest BCUT2D eigenvalue weighted by atomic mass is 10.0. The van der Waals surface area contributed by atoms with Gasteiger partial charge in [-0.1, -0.05) is 24.3 Å². The number of likely N-dealkylation sites (N-methyl/N-ethyl adjacent to an activating group) is 1. The van der Waals surface area contributed by atoms with Gasteiger partial charge >= 0.3 is 0 Å². The summed E-state index contributed by atoms with van der Waals surface area (Å²) in [7, 11) is 2.13. The molecule has 1 N–H and O–H groups in total. The average Bonchev–Trinajstić information content (AvgIpc) is 2.78. The third-order valence-electron chi connectivity index (χ3n) is 4.53. The Morgan fingerprint density at radius 1 is 1.37 bits per heavy atom. The minimum Gasteiger partial charge on any atom is -0.387 e. The van der Waals surface area contributed by atoms with E-state index in [1.54, 1.807) is 0 Å². The van der Waals surface area contributed by atoms with Gasteiger partial charge in [-0.05, 0) is 43.4 Å². The van der Waals surface area contributed by atoms with Crippen LogP contribution in [0.2, 0.25) is 0 Å². The van der Waals surface area contributed by atoms with E-state index >= 15 is 0 Å². The van der Waals surface area contributed by atoms with Crippen molar-refractivity contribution < 1.29 is 9.84 Å². The van der Waals surface area contributed by atoms with Gasteiger partial charge < -0.3 is 9.84 Å². The molecule has 1 aliphatic heterocycles. The molecule has 3 rings (SSSR count). The smallest absolute Gasteiger partial charge is 0.0950 e. The van der Waals surface area contributed by atoms with Crippen LogP contribution >= 0.6 is 0 Å². The van der Waals surface area contributed by atoms with Crippen molar-refractivity contribution in [3.63, 3.8) is 0 Å². The van der Waals surface area contributed by atoms with Crippen LogP contribution in [-0.2, 0) is 11.2 Å². The monoisotopic (exact) mass is 261 g/mol. The molecule has 1 saturated heterocycles. The van der Waals surface area contributed by atoms with Crippen LogP contribution in [0.5, 0.6) is 0 Å². The van der Waals surface area contributed by atoms with Crippen molar-refractivity contribution in [3.05, 3.63) is 35.4 Å². The Hall–Kier alpha value is -0.900. The van der Waals surface area contributed by atoms with E-state index in [4.69, 9.17) is 4.74 Å². The van der Waals surface area contributed by atoms with Crippen molar-refractivity contribution in [1.29, 1.82) is 0 Å². The summed E-state index contributed by atoms with van der Waals surface area (Å²) in [6.45, 7) is 2.81. The van der Waals surface area contributed by atoms with Crippen molar-refractivity contribution in [2.24, 2.45) is 5.92 Å². The Balaban J connectivity index is 1.64. The Bertz CT molecular complexity index is 429. The zero-order valence-corrected chi connectivity index (χ0v) is 11.6. The zero-order valence-electron chi connectivity index (χ0n) is 11.6. The second kappa shape index (κ2) is 5.61. The highest BCUT2D eigenvalue weighted by atomic mass is 16.5. The predicted molar refractivity (Wildman–Crippen MR) is 75.1 cm³/mol. The number of rotatable bonds is 3. The maximum Gasteiger partial charge on any atom is 0.0950 e. The van der Waals surface area contributed by atoms with Gasteiger partial charge in [0, 0.05) is 19.2 Å². The highest BCUT2D eigenvalue weighted by Gasteiger charge is 2.34. The first-order valence-corrected chi connectivity index (χ1v) is 7.29. The zero-order chi connectivity index (χ0) is 13.2. The highest BCUT2D eigenvalue weighted by molar-refractivity contribution is 5.35. The summed E-state index contributed by atoms with van der Waals surface area (Å²) in [5.41, 5.74) is 2.41. The van der Waals surface area contributed by atoms with Crippen LogP contribution in [0.3, 0.4) is 0 Å². The quantitative estimate of drug-likeness (QED) is 0.903. The second-order valence-electron chi connectivity index (χ2n) is 5.94. The molecule has 19 heavy (non-hydrogen) atoms. The van der Waals surface area contributed by atoms with Crippen molar-refractivity contribution in [1.82, 2.24) is 4.90 Å². The number of aliphatic hydroxyl groups excluding tert-OH is 1. The molecule has 104 valence electrons. The van der Waals surface area contributed by atoms with Gasteiger partial charge in [-0.3, -0.25) is 4.90 Å². The lowest BCUT2D eigenvalue weighted by Crippen LogP contribution is -2.40. The van der Waals surface area contributed by atoms with Gasteiger partial charge in [-0.15, -0.1) is 0 Å². The second-order valence-corrected chi connectivity index (χ2v) is 5.94. The molecule has 0 aromatic heterocycles. The number of aliphatic hydroxyl groups is 1. The van der Waals surface area contributed by atoms with E-state index in [1.165, 1.54) is 18.4 Å². The summed E-state index contributed by atoms with van der Waals surface area (Å²) in [6.07, 6.45) is 3.04. The molecule has 2 aliphatic rings. The number of nitrogens with zero attached hydrogens (tertiary/aromatic N) is 1. The fraction of sp³-hybridized carbons (Fsp3) is 0.625. The summed E-state index contributed by atoms with van der Waals surface area (Å²) in [5, 5.41) is 10.5. The van der Waals surface area contributed by atoms with Crippen LogP contribution in [0.25, 0.3) is 0 Å². The first-order valence-electron chi connectivity index (χ1n) is 7.29. The summed E-state index contributed by atoms with van der Waals surface area (Å²) in [6, 6.07) is 8.48. The van der Waals surface area contributed by atoms with E-state index in [2.05, 4.69) is 30.1 Å². The van der Waals surface area contributed by atoms with Crippen molar-refractivity contribution in [3.8, 4) is 0 Å². The molecule has 0 spiro atoms. The van der Waals surface area contributed by atoms with Gasteiger partial charge in [0.05, 0.1) is 12.7 Å². The first kappa shape index (κ1) is 13.1. The van der Waals surface area contributed by atoms with Gasteiger partial charge in [0.15, 0.2) is 0 Å². The van der Waals surface area contributed by atoms with E-state index in [9.17, 15) is 5.11 Å². The SMILES string of the molecule is CN(CC1CCCOC1)C1Cc2ccccc2C1O. The number of ether oxygens (including phenoxy) is 1. The predicted octanol–water partition coefficient (Wildman–Crippen LogP) is 2.00. The normalized spacial score (nSPS) is 30.6. The molecule has 1 aliphatic carbocycles. The standard InChI is InChI=1S/C16H23NO2/c1-17(10-12-5-4-8-19-11-12)15-9-13-6-2-3-7-14(13)16(15)18/h2-3,6-7,12,15-16,18H,4-5,8-11H2,1H3. The van der Waals surface area contributed by atoms with Crippen molar-refractivity contribution in [2.45, 2.75) is 31.4 Å². The molecular formula is C16H23NO2. The Morgan fingerprint density at radius 3 is 2.95 bits per heavy atom. The molecule has 3 nitrogen and oxygen atoms in total. The molecule has 0 saturated carbocycles. The lowest BCUT2D eigenvalue weighted by Gasteiger charge is -2.32. The average molecular weight is 261 g/mol. The molecule has 1 heterocycles. The Labute approximate surface area is 115 Å². The summed E-state index contributed by atoms with van der Waals surface area (Å²) >= 11 is 0. The molecule has 1 aromatic carbocycles. The lowest BCUT2D eigenvalue weighted by molar-refractivity contribution is 0.0182. The van der Waals surface area contributed by atoms with Crippen LogP contribution < -0.4 is 0 Å². The van der Waals surface area contributed by atoms with Crippen LogP contribution in [0.1, 0.15) is 30.1 Å². The molecule has 0 amide bonds. The van der Waals surface area contributed by atoms with E-state index < -0.39 is 0 Å². The molecule has 1 aromatic rings. The molecule has 3 heteroatoms. The Morgan fingerprint density at radius 2 is 2.21 bits per heavy atom. The highest BCUT2D eigenvalue weighted by Crippen LogP contribution is 2.34. The first-order chi connectivity index (χ1) is 9.25. The number of hydrogen-bond acceptors (Lipinski definition) is 3. The molecule has 0 bridgehead atoms. The number of fused-ring (bicyclic) bond motifs is 1. The van der Waals surface area contributed by atoms with Gasteiger partial charge in [-0.2, -0.15) is 0 Å². The van der Waals surface area contributed by atoms with Gasteiger partial charge in [0.2, 0.25) is 0 Å². The summed E-state index contributed by atoms with van der Waals surface area (Å²) in [5.74, 6) is 0.620. The van der Waals surface area contributed by atoms with Crippen molar-refractivity contribution in [2.75, 3.05) is 26.8 Å². The maximum atomic E-state index is 10.5. The number of hydrogen-bond donors (Lipinski definition) is 1. The molecule has 0 radical (unpaired) electrons. The fourth-order valence-electron chi connectivity index (χ4n) is 3.44. The van der Waals surface area contributed by atoms with E-state index in [0.717, 1.165) is 31.7 Å². The van der Waals surface area contributed by atoms with Crippen LogP contribution in [0, 0.1) is 5.92 Å². The molecule has 1 fully saturated rings. The van der Waals surface area contributed by atoms with E-state index in [1.807, 2.05) is 6.07 Å². The third kappa shape index (κ3) is 2.69. The van der Waals surface area contributed by atoms with Crippen LogP contribution in [0.15, 0.2) is 24.3 Å². The minimum atomic E-state index is -0.342. The summed E-state index contributed by atoms with van der Waals surface area (Å²) < 4.78 is 5.55. The van der Waals surface area contributed by atoms with Crippen LogP contribution in [0.4, 0.5) is 0 Å². The minimum absolute atomic E-state index is 0.222. The molecular weight excluding hydrogens is 238 g/mol. The molecule has 3 unspecified atom stereocenters. The van der Waals surface area contributed by atoms with E-state index in [-0.39, 0.29) is 12.1 Å². The van der Waals surface area contributed by atoms with Gasteiger partial charge in [-0.25, -0.2) is 0 Å². The largest absolute Gasteiger partial charge is 0.387 e. The van der Waals surface area contributed by atoms with E-state index in [0.29, 0.717) is 5.92 Å². The topological polar surface area (TPSA) is 32.7 Å². The third-order valence-corrected chi connectivity index (χ3v) is 4.53. The fourth-order valence-corrected chi connectivity index (χ4v) is 3.44. The maximum absolute atomic E-state index is 10.5. The van der Waals surface area contributed by atoms with Crippen LogP contribution in [-0.4, -0.2) is 42.9 Å².